The van der Waals surface area contributed by atoms with E-state index >= 15 is 0 Å². The number of aliphatic carboxylic acids is 1. The summed E-state index contributed by atoms with van der Waals surface area (Å²) in [7, 11) is 0. The van der Waals surface area contributed by atoms with E-state index in [4.69, 9.17) is 17.3 Å². The van der Waals surface area contributed by atoms with E-state index in [0.717, 1.165) is 10.5 Å². The molecule has 3 N–H and O–H groups in total. The van der Waals surface area contributed by atoms with Crippen molar-refractivity contribution in [2.24, 2.45) is 5.92 Å². The van der Waals surface area contributed by atoms with Crippen LogP contribution in [-0.2, 0) is 22.4 Å². The first-order valence-corrected chi connectivity index (χ1v) is 9.11. The van der Waals surface area contributed by atoms with Gasteiger partial charge in [-0.3, -0.25) is 9.69 Å². The first-order chi connectivity index (χ1) is 13.4. The first-order valence-electron chi connectivity index (χ1n) is 8.73. The molecule has 2 atom stereocenters. The van der Waals surface area contributed by atoms with E-state index in [1.54, 1.807) is 30.3 Å². The van der Waals surface area contributed by atoms with Gasteiger partial charge in [-0.1, -0.05) is 11.6 Å². The summed E-state index contributed by atoms with van der Waals surface area (Å²) in [6.07, 6.45) is 2.28. The molecule has 2 aliphatic rings. The predicted octanol–water partition coefficient (Wildman–Crippen LogP) is 1.95. The Morgan fingerprint density at radius 1 is 1.29 bits per heavy atom. The van der Waals surface area contributed by atoms with Gasteiger partial charge in [-0.2, -0.15) is 0 Å². The molecule has 1 saturated heterocycles. The van der Waals surface area contributed by atoms with Gasteiger partial charge in [-0.05, 0) is 54.3 Å². The van der Waals surface area contributed by atoms with Gasteiger partial charge in [-0.25, -0.2) is 19.5 Å². The van der Waals surface area contributed by atoms with E-state index < -0.39 is 29.9 Å². The van der Waals surface area contributed by atoms with Gasteiger partial charge >= 0.3 is 12.0 Å². The maximum absolute atomic E-state index is 13.0. The van der Waals surface area contributed by atoms with Gasteiger partial charge in [0, 0.05) is 23.5 Å². The number of likely N-dealkylation sites (tertiary alicyclic amines) is 1. The Balaban J connectivity index is 1.56. The molecule has 144 valence electrons. The third-order valence-electron chi connectivity index (χ3n) is 5.14. The second-order valence-corrected chi connectivity index (χ2v) is 7.28. The van der Waals surface area contributed by atoms with Crippen LogP contribution in [0, 0.1) is 5.92 Å². The number of benzene rings is 1. The fourth-order valence-electron chi connectivity index (χ4n) is 3.82. The summed E-state index contributed by atoms with van der Waals surface area (Å²) in [4.78, 5) is 43.6. The van der Waals surface area contributed by atoms with Crippen LogP contribution in [-0.4, -0.2) is 45.5 Å². The number of nitrogen functional groups attached to an aromatic ring is 1. The average Bonchev–Trinajstić information content (AvgIpc) is 3.06. The number of carboxylic acid groups (broad SMARTS) is 1. The van der Waals surface area contributed by atoms with Crippen LogP contribution >= 0.6 is 11.6 Å². The number of anilines is 2. The van der Waals surface area contributed by atoms with Gasteiger partial charge in [0.1, 0.15) is 5.82 Å². The number of β-lactam (4-membered cyclic amide) rings is 1. The highest BCUT2D eigenvalue weighted by Crippen LogP contribution is 2.36. The zero-order chi connectivity index (χ0) is 20.0. The maximum Gasteiger partial charge on any atom is 0.332 e. The second kappa shape index (κ2) is 6.79. The van der Waals surface area contributed by atoms with Crippen molar-refractivity contribution in [3.05, 3.63) is 52.7 Å². The number of urea groups is 1. The highest BCUT2D eigenvalue weighted by Gasteiger charge is 2.56. The molecular formula is C19H17ClN4O4. The number of nitrogens with two attached hydrogens (primary N) is 1. The lowest BCUT2D eigenvalue weighted by Crippen LogP contribution is -2.69. The summed E-state index contributed by atoms with van der Waals surface area (Å²) in [6.45, 7) is 0.371. The van der Waals surface area contributed by atoms with Crippen LogP contribution in [0.4, 0.5) is 16.3 Å². The Labute approximate surface area is 165 Å². The van der Waals surface area contributed by atoms with Crippen molar-refractivity contribution >= 4 is 41.0 Å². The number of pyridine rings is 1. The Hall–Kier alpha value is -3.13. The Bertz CT molecular complexity index is 996. The zero-order valence-corrected chi connectivity index (χ0v) is 15.5. The maximum atomic E-state index is 13.0. The van der Waals surface area contributed by atoms with Crippen molar-refractivity contribution in [3.8, 4) is 0 Å². The predicted molar refractivity (Wildman–Crippen MR) is 102 cm³/mol. The van der Waals surface area contributed by atoms with Crippen LogP contribution in [0.3, 0.4) is 0 Å². The number of carbonyl (C=O) groups is 3. The van der Waals surface area contributed by atoms with Crippen molar-refractivity contribution in [1.29, 1.82) is 0 Å². The molecule has 2 aromatic rings. The molecule has 0 unspecified atom stereocenters. The number of rotatable bonds is 3. The molecular weight excluding hydrogens is 384 g/mol. The minimum Gasteiger partial charge on any atom is -0.480 e. The minimum absolute atomic E-state index is 0.179. The normalized spacial score (nSPS) is 20.7. The number of carbonyl (C=O) groups excluding carboxylic acids is 2. The van der Waals surface area contributed by atoms with E-state index in [9.17, 15) is 19.5 Å². The van der Waals surface area contributed by atoms with Gasteiger partial charge in [-0.15, -0.1) is 0 Å². The van der Waals surface area contributed by atoms with Gasteiger partial charge in [0.15, 0.2) is 6.04 Å². The van der Waals surface area contributed by atoms with Crippen LogP contribution in [0.1, 0.15) is 11.1 Å². The Kier molecular flexibility index (Phi) is 4.43. The summed E-state index contributed by atoms with van der Waals surface area (Å²) in [5, 5.41) is 10.2. The smallest absolute Gasteiger partial charge is 0.332 e. The molecule has 1 fully saturated rings. The number of halogens is 1. The standard InChI is InChI=1S/C19H17ClN4O4/c20-12-1-2-14-11(9-12)4-6-23(14)19(28)24-16(18(26)27)13(17(24)25)7-10-3-5-22-15(21)8-10/h1-3,5,8-9,13,16H,4,6-7H2,(H2,21,22)(H,26,27)/t13-,16+/m1/s1. The van der Waals surface area contributed by atoms with Crippen molar-refractivity contribution < 1.29 is 19.5 Å². The van der Waals surface area contributed by atoms with Gasteiger partial charge in [0.2, 0.25) is 5.91 Å². The fraction of sp³-hybridized carbons (Fsp3) is 0.263. The van der Waals surface area contributed by atoms with Crippen LogP contribution in [0.5, 0.6) is 0 Å². The third kappa shape index (κ3) is 2.95. The molecule has 0 saturated carbocycles. The summed E-state index contributed by atoms with van der Waals surface area (Å²) >= 11 is 5.99. The zero-order valence-electron chi connectivity index (χ0n) is 14.7. The lowest BCUT2D eigenvalue weighted by atomic mass is 9.82. The van der Waals surface area contributed by atoms with E-state index in [1.165, 1.54) is 11.1 Å². The van der Waals surface area contributed by atoms with E-state index in [1.807, 2.05) is 0 Å². The summed E-state index contributed by atoms with van der Waals surface area (Å²) in [5.41, 5.74) is 7.89. The van der Waals surface area contributed by atoms with Crippen LogP contribution in [0.15, 0.2) is 36.5 Å². The molecule has 2 aliphatic heterocycles. The molecule has 8 nitrogen and oxygen atoms in total. The van der Waals surface area contributed by atoms with Crippen LogP contribution < -0.4 is 10.6 Å². The average molecular weight is 401 g/mol. The SMILES string of the molecule is Nc1cc(C[C@H]2C(=O)N(C(=O)N3CCc4cc(Cl)ccc43)[C@@H]2C(=O)O)ccn1. The van der Waals surface area contributed by atoms with Gasteiger partial charge in [0.25, 0.3) is 0 Å². The number of imide groups is 1. The summed E-state index contributed by atoms with van der Waals surface area (Å²) in [5.74, 6) is -2.25. The number of fused-ring (bicyclic) bond motifs is 1. The summed E-state index contributed by atoms with van der Waals surface area (Å²) in [6, 6.07) is 6.57. The molecule has 0 spiro atoms. The van der Waals surface area contributed by atoms with Crippen LogP contribution in [0.2, 0.25) is 5.02 Å². The number of hydrogen-bond donors (Lipinski definition) is 2. The minimum atomic E-state index is -1.22. The first kappa shape index (κ1) is 18.2. The number of amides is 3. The monoisotopic (exact) mass is 400 g/mol. The van der Waals surface area contributed by atoms with Gasteiger partial charge in [0.05, 0.1) is 5.92 Å². The molecule has 3 amide bonds. The van der Waals surface area contributed by atoms with Crippen molar-refractivity contribution in [2.75, 3.05) is 17.2 Å². The Morgan fingerprint density at radius 2 is 2.07 bits per heavy atom. The number of aromatic nitrogens is 1. The highest BCUT2D eigenvalue weighted by atomic mass is 35.5. The highest BCUT2D eigenvalue weighted by molar-refractivity contribution is 6.30. The molecule has 0 bridgehead atoms. The molecule has 28 heavy (non-hydrogen) atoms. The second-order valence-electron chi connectivity index (χ2n) is 6.85. The molecule has 9 heteroatoms. The lowest BCUT2D eigenvalue weighted by Gasteiger charge is -2.44. The third-order valence-corrected chi connectivity index (χ3v) is 5.38. The van der Waals surface area contributed by atoms with Crippen LogP contribution in [0.25, 0.3) is 0 Å². The van der Waals surface area contributed by atoms with Crippen molar-refractivity contribution in [1.82, 2.24) is 9.88 Å². The lowest BCUT2D eigenvalue weighted by molar-refractivity contribution is -0.165. The number of carboxylic acids is 1. The number of nitrogens with zero attached hydrogens (tertiary/aromatic N) is 3. The molecule has 1 aromatic heterocycles. The quantitative estimate of drug-likeness (QED) is 0.760. The van der Waals surface area contributed by atoms with E-state index in [0.29, 0.717) is 29.2 Å². The van der Waals surface area contributed by atoms with Crippen molar-refractivity contribution in [3.63, 3.8) is 0 Å². The topological polar surface area (TPSA) is 117 Å². The van der Waals surface area contributed by atoms with E-state index in [-0.39, 0.29) is 12.2 Å². The molecule has 0 aliphatic carbocycles. The number of hydrogen-bond acceptors (Lipinski definition) is 5. The summed E-state index contributed by atoms with van der Waals surface area (Å²) < 4.78 is 0. The Morgan fingerprint density at radius 3 is 2.79 bits per heavy atom. The molecule has 3 heterocycles. The molecule has 4 rings (SSSR count). The van der Waals surface area contributed by atoms with Crippen molar-refractivity contribution in [2.45, 2.75) is 18.9 Å². The largest absolute Gasteiger partial charge is 0.480 e. The molecule has 0 radical (unpaired) electrons. The fourth-order valence-corrected chi connectivity index (χ4v) is 4.01. The van der Waals surface area contributed by atoms with Gasteiger partial charge < -0.3 is 10.8 Å². The van der Waals surface area contributed by atoms with E-state index in [2.05, 4.69) is 4.98 Å². The molecule has 1 aromatic carbocycles.